The summed E-state index contributed by atoms with van der Waals surface area (Å²) in [4.78, 5) is 29.0. The molecular weight excluding hydrogens is 483 g/mol. The summed E-state index contributed by atoms with van der Waals surface area (Å²) >= 11 is 0. The minimum absolute atomic E-state index is 0.0468. The largest absolute Gasteiger partial charge is 0.416 e. The molecule has 0 unspecified atom stereocenters. The van der Waals surface area contributed by atoms with Gasteiger partial charge in [-0.15, -0.1) is 0 Å². The quantitative estimate of drug-likeness (QED) is 0.510. The Bertz CT molecular complexity index is 1310. The van der Waals surface area contributed by atoms with Crippen LogP contribution in [0.1, 0.15) is 39.7 Å². The summed E-state index contributed by atoms with van der Waals surface area (Å²) in [6.07, 6.45) is 1.02. The number of aromatic nitrogens is 3. The van der Waals surface area contributed by atoms with Gasteiger partial charge in [0.15, 0.2) is 0 Å². The van der Waals surface area contributed by atoms with Crippen LogP contribution in [0.4, 0.5) is 24.7 Å². The lowest BCUT2D eigenvalue weighted by molar-refractivity contribution is -0.138. The van der Waals surface area contributed by atoms with Gasteiger partial charge >= 0.3 is 6.18 Å². The number of pyridine rings is 1. The molecule has 3 heterocycles. The molecule has 1 aromatic carbocycles. The second kappa shape index (κ2) is 11.4. The van der Waals surface area contributed by atoms with E-state index in [1.165, 1.54) is 43.0 Å². The van der Waals surface area contributed by atoms with Gasteiger partial charge in [-0.05, 0) is 36.2 Å². The Morgan fingerprint density at radius 1 is 1.03 bits per heavy atom. The number of hydrogen-bond donors (Lipinski definition) is 2. The van der Waals surface area contributed by atoms with E-state index in [9.17, 15) is 18.0 Å². The smallest absolute Gasteiger partial charge is 0.382 e. The summed E-state index contributed by atoms with van der Waals surface area (Å²) in [5, 5.41) is 2.54. The van der Waals surface area contributed by atoms with Gasteiger partial charge in [-0.25, -0.2) is 9.97 Å². The average molecular weight is 510 g/mol. The molecule has 0 atom stereocenters. The number of nitrogens with zero attached hydrogens (tertiary/aromatic N) is 5. The number of carbonyl (C=O) groups excluding carboxylic acids is 1. The van der Waals surface area contributed by atoms with Crippen LogP contribution < -0.4 is 11.1 Å². The van der Waals surface area contributed by atoms with Gasteiger partial charge in [0.2, 0.25) is 0 Å². The van der Waals surface area contributed by atoms with Crippen LogP contribution in [0, 0.1) is 11.8 Å². The zero-order chi connectivity index (χ0) is 26.4. The Balaban J connectivity index is 1.48. The summed E-state index contributed by atoms with van der Waals surface area (Å²) < 4.78 is 41.6. The number of amides is 1. The van der Waals surface area contributed by atoms with Crippen molar-refractivity contribution in [2.24, 2.45) is 0 Å². The first kappa shape index (κ1) is 26.1. The molecule has 0 spiro atoms. The monoisotopic (exact) mass is 509 g/mol. The minimum atomic E-state index is -4.55. The van der Waals surface area contributed by atoms with Crippen molar-refractivity contribution in [1.82, 2.24) is 24.8 Å². The molecule has 11 heteroatoms. The van der Waals surface area contributed by atoms with E-state index in [4.69, 9.17) is 5.73 Å². The number of nitrogen functional groups attached to an aromatic ring is 1. The van der Waals surface area contributed by atoms with E-state index in [1.807, 2.05) is 4.90 Å². The molecule has 0 bridgehead atoms. The Labute approximate surface area is 212 Å². The molecule has 3 aromatic rings. The number of hydrogen-bond acceptors (Lipinski definition) is 7. The van der Waals surface area contributed by atoms with Gasteiger partial charge < -0.3 is 16.0 Å². The van der Waals surface area contributed by atoms with Crippen LogP contribution in [-0.4, -0.2) is 63.4 Å². The molecule has 4 rings (SSSR count). The lowest BCUT2D eigenvalue weighted by Gasteiger charge is -2.34. The SMILES string of the molecule is CCN1CCN(Cc2ccc(NC(=O)c3cncc(C#Cc4cnc(N)cn4)c3)cc2C(F)(F)F)CC1. The predicted octanol–water partition coefficient (Wildman–Crippen LogP) is 3.26. The maximum atomic E-state index is 13.9. The number of rotatable bonds is 5. The number of carbonyl (C=O) groups is 1. The Morgan fingerprint density at radius 3 is 2.46 bits per heavy atom. The topological polar surface area (TPSA) is 100 Å². The highest BCUT2D eigenvalue weighted by Crippen LogP contribution is 2.34. The molecular formula is C26H26F3N7O. The third kappa shape index (κ3) is 7.03. The van der Waals surface area contributed by atoms with Crippen LogP contribution in [0.15, 0.2) is 49.1 Å². The zero-order valence-corrected chi connectivity index (χ0v) is 20.2. The van der Waals surface area contributed by atoms with Crippen LogP contribution >= 0.6 is 0 Å². The molecule has 2 aromatic heterocycles. The summed E-state index contributed by atoms with van der Waals surface area (Å²) in [6, 6.07) is 5.39. The van der Waals surface area contributed by atoms with Crippen molar-refractivity contribution >= 4 is 17.4 Å². The van der Waals surface area contributed by atoms with Crippen LogP contribution in [0.5, 0.6) is 0 Å². The van der Waals surface area contributed by atoms with E-state index in [0.29, 0.717) is 24.3 Å². The molecule has 1 amide bonds. The highest BCUT2D eigenvalue weighted by atomic mass is 19.4. The summed E-state index contributed by atoms with van der Waals surface area (Å²) in [5.41, 5.74) is 5.94. The van der Waals surface area contributed by atoms with E-state index >= 15 is 0 Å². The normalized spacial score (nSPS) is 14.6. The number of likely N-dealkylation sites (N-methyl/N-ethyl adjacent to an activating group) is 1. The average Bonchev–Trinajstić information content (AvgIpc) is 2.89. The van der Waals surface area contributed by atoms with Gasteiger partial charge in [-0.3, -0.25) is 14.7 Å². The van der Waals surface area contributed by atoms with Crippen molar-refractivity contribution in [2.45, 2.75) is 19.6 Å². The van der Waals surface area contributed by atoms with E-state index in [-0.39, 0.29) is 29.2 Å². The second-order valence-corrected chi connectivity index (χ2v) is 8.57. The van der Waals surface area contributed by atoms with Gasteiger partial charge in [0, 0.05) is 56.4 Å². The fourth-order valence-electron chi connectivity index (χ4n) is 3.94. The maximum Gasteiger partial charge on any atom is 0.416 e. The molecule has 0 radical (unpaired) electrons. The van der Waals surface area contributed by atoms with E-state index in [1.54, 1.807) is 0 Å². The maximum absolute atomic E-state index is 13.9. The molecule has 0 aliphatic carbocycles. The lowest BCUT2D eigenvalue weighted by atomic mass is 10.0. The summed E-state index contributed by atoms with van der Waals surface area (Å²) in [5.74, 6) is 5.29. The predicted molar refractivity (Wildman–Crippen MR) is 133 cm³/mol. The third-order valence-electron chi connectivity index (χ3n) is 5.99. The zero-order valence-electron chi connectivity index (χ0n) is 20.2. The van der Waals surface area contributed by atoms with E-state index in [0.717, 1.165) is 25.7 Å². The molecule has 8 nitrogen and oxygen atoms in total. The number of anilines is 2. The Hall–Kier alpha value is -4.01. The molecule has 1 saturated heterocycles. The summed E-state index contributed by atoms with van der Waals surface area (Å²) in [7, 11) is 0. The van der Waals surface area contributed by atoms with Crippen molar-refractivity contribution in [3.63, 3.8) is 0 Å². The van der Waals surface area contributed by atoms with Gasteiger partial charge in [-0.1, -0.05) is 18.9 Å². The fraction of sp³-hybridized carbons (Fsp3) is 0.308. The Kier molecular flexibility index (Phi) is 8.01. The van der Waals surface area contributed by atoms with Gasteiger partial charge in [0.1, 0.15) is 11.5 Å². The van der Waals surface area contributed by atoms with Gasteiger partial charge in [-0.2, -0.15) is 13.2 Å². The van der Waals surface area contributed by atoms with E-state index in [2.05, 4.69) is 43.9 Å². The number of halogens is 3. The molecule has 3 N–H and O–H groups in total. The fourth-order valence-corrected chi connectivity index (χ4v) is 3.94. The van der Waals surface area contributed by atoms with Gasteiger partial charge in [0.25, 0.3) is 5.91 Å². The first-order chi connectivity index (χ1) is 17.7. The van der Waals surface area contributed by atoms with Gasteiger partial charge in [0.05, 0.1) is 23.5 Å². The van der Waals surface area contributed by atoms with E-state index < -0.39 is 17.6 Å². The van der Waals surface area contributed by atoms with Crippen molar-refractivity contribution < 1.29 is 18.0 Å². The van der Waals surface area contributed by atoms with Crippen molar-refractivity contribution in [1.29, 1.82) is 0 Å². The first-order valence-electron chi connectivity index (χ1n) is 11.7. The highest BCUT2D eigenvalue weighted by molar-refractivity contribution is 6.04. The van der Waals surface area contributed by atoms with Crippen LogP contribution in [0.25, 0.3) is 0 Å². The standard InChI is InChI=1S/C26H26F3N7O/c1-2-35-7-9-36(10-8-35)17-19-4-6-21(12-23(19)26(27,28)29)34-25(37)20-11-18(13-31-14-20)3-5-22-15-33-24(30)16-32-22/h4,6,11-16H,2,7-10,17H2,1H3,(H2,30,33)(H,34,37). The number of alkyl halides is 3. The number of nitrogens with one attached hydrogen (secondary N) is 1. The first-order valence-corrected chi connectivity index (χ1v) is 11.7. The number of nitrogens with two attached hydrogens (primary N) is 1. The second-order valence-electron chi connectivity index (χ2n) is 8.57. The van der Waals surface area contributed by atoms with Crippen LogP contribution in [0.3, 0.4) is 0 Å². The molecule has 1 aliphatic heterocycles. The number of benzene rings is 1. The lowest BCUT2D eigenvalue weighted by Crippen LogP contribution is -2.45. The third-order valence-corrected chi connectivity index (χ3v) is 5.99. The molecule has 192 valence electrons. The number of piperazine rings is 1. The molecule has 37 heavy (non-hydrogen) atoms. The summed E-state index contributed by atoms with van der Waals surface area (Å²) in [6.45, 7) is 6.28. The molecule has 1 aliphatic rings. The highest BCUT2D eigenvalue weighted by Gasteiger charge is 2.34. The van der Waals surface area contributed by atoms with Crippen LogP contribution in [0.2, 0.25) is 0 Å². The van der Waals surface area contributed by atoms with Crippen molar-refractivity contribution in [3.05, 3.63) is 77.0 Å². The van der Waals surface area contributed by atoms with Crippen molar-refractivity contribution in [2.75, 3.05) is 43.8 Å². The van der Waals surface area contributed by atoms with Crippen LogP contribution in [-0.2, 0) is 12.7 Å². The molecule has 1 fully saturated rings. The molecule has 0 saturated carbocycles. The Morgan fingerprint density at radius 2 is 1.78 bits per heavy atom. The van der Waals surface area contributed by atoms with Crippen molar-refractivity contribution in [3.8, 4) is 11.8 Å². The minimum Gasteiger partial charge on any atom is -0.382 e.